The van der Waals surface area contributed by atoms with Crippen molar-refractivity contribution in [2.75, 3.05) is 52.1 Å². The molecule has 2 aliphatic heterocycles. The Morgan fingerprint density at radius 2 is 2.00 bits per heavy atom. The van der Waals surface area contributed by atoms with E-state index in [4.69, 9.17) is 4.74 Å². The second-order valence-corrected chi connectivity index (χ2v) is 7.78. The number of rotatable bonds is 6. The molecule has 0 spiro atoms. The average molecular weight is 305 g/mol. The monoisotopic (exact) mass is 305 g/mol. The smallest absolute Gasteiger partial charge is 0.211 e. The summed E-state index contributed by atoms with van der Waals surface area (Å²) in [5.74, 6) is 0. The van der Waals surface area contributed by atoms with Crippen LogP contribution >= 0.6 is 0 Å². The normalized spacial score (nSPS) is 27.8. The minimum Gasteiger partial charge on any atom is -0.377 e. The Kier molecular flexibility index (Phi) is 5.80. The topological polar surface area (TPSA) is 61.9 Å². The first-order valence-electron chi connectivity index (χ1n) is 7.49. The van der Waals surface area contributed by atoms with Crippen LogP contribution in [0.3, 0.4) is 0 Å². The summed E-state index contributed by atoms with van der Waals surface area (Å²) in [6, 6.07) is 0.398. The maximum Gasteiger partial charge on any atom is 0.211 e. The molecule has 20 heavy (non-hydrogen) atoms. The Bertz CT molecular complexity index is 388. The van der Waals surface area contributed by atoms with Crippen LogP contribution < -0.4 is 5.32 Å². The summed E-state index contributed by atoms with van der Waals surface area (Å²) in [6.45, 7) is 7.84. The molecule has 0 aromatic carbocycles. The Labute approximate surface area is 122 Å². The number of sulfonamides is 1. The third-order valence-electron chi connectivity index (χ3n) is 4.22. The van der Waals surface area contributed by atoms with Crippen LogP contribution in [0.1, 0.15) is 19.8 Å². The molecule has 118 valence electrons. The van der Waals surface area contributed by atoms with Crippen LogP contribution in [-0.4, -0.2) is 81.9 Å². The summed E-state index contributed by atoms with van der Waals surface area (Å²) in [5, 5.41) is 3.51. The van der Waals surface area contributed by atoms with Gasteiger partial charge >= 0.3 is 0 Å². The van der Waals surface area contributed by atoms with E-state index in [9.17, 15) is 8.42 Å². The molecule has 2 heterocycles. The third kappa shape index (κ3) is 4.66. The van der Waals surface area contributed by atoms with Gasteiger partial charge in [0.25, 0.3) is 0 Å². The molecule has 0 aromatic heterocycles. The van der Waals surface area contributed by atoms with Crippen molar-refractivity contribution in [2.45, 2.75) is 31.9 Å². The lowest BCUT2D eigenvalue weighted by Crippen LogP contribution is -2.50. The number of nitrogens with zero attached hydrogens (tertiary/aromatic N) is 2. The van der Waals surface area contributed by atoms with E-state index in [1.54, 1.807) is 4.31 Å². The highest BCUT2D eigenvalue weighted by Crippen LogP contribution is 2.15. The van der Waals surface area contributed by atoms with Gasteiger partial charge in [-0.15, -0.1) is 0 Å². The minimum atomic E-state index is -3.02. The van der Waals surface area contributed by atoms with Gasteiger partial charge in [0.2, 0.25) is 10.0 Å². The molecule has 0 aliphatic carbocycles. The molecule has 2 rings (SSSR count). The van der Waals surface area contributed by atoms with Crippen molar-refractivity contribution in [1.29, 1.82) is 0 Å². The van der Waals surface area contributed by atoms with E-state index in [1.165, 1.54) is 12.7 Å². The molecule has 7 heteroatoms. The number of nitrogens with one attached hydrogen (secondary N) is 1. The van der Waals surface area contributed by atoms with Crippen LogP contribution in [0.4, 0.5) is 0 Å². The number of ether oxygens (including phenoxy) is 1. The predicted molar refractivity (Wildman–Crippen MR) is 79.3 cm³/mol. The maximum atomic E-state index is 11.4. The SMILES string of the molecule is CC(NCCN1CCN(S(C)(=O)=O)CC1)C1CCCO1. The van der Waals surface area contributed by atoms with Gasteiger partial charge in [-0.1, -0.05) is 0 Å². The fourth-order valence-electron chi connectivity index (χ4n) is 2.86. The molecular weight excluding hydrogens is 278 g/mol. The van der Waals surface area contributed by atoms with Gasteiger partial charge in [0.15, 0.2) is 0 Å². The van der Waals surface area contributed by atoms with Gasteiger partial charge in [0.05, 0.1) is 12.4 Å². The number of piperazine rings is 1. The van der Waals surface area contributed by atoms with Crippen molar-refractivity contribution in [1.82, 2.24) is 14.5 Å². The van der Waals surface area contributed by atoms with Crippen LogP contribution in [0, 0.1) is 0 Å². The van der Waals surface area contributed by atoms with E-state index in [0.717, 1.165) is 39.2 Å². The van der Waals surface area contributed by atoms with Gasteiger partial charge in [-0.05, 0) is 19.8 Å². The van der Waals surface area contributed by atoms with Gasteiger partial charge in [0, 0.05) is 51.9 Å². The first-order chi connectivity index (χ1) is 9.47. The zero-order valence-corrected chi connectivity index (χ0v) is 13.4. The van der Waals surface area contributed by atoms with E-state index >= 15 is 0 Å². The van der Waals surface area contributed by atoms with E-state index in [2.05, 4.69) is 17.1 Å². The van der Waals surface area contributed by atoms with Crippen LogP contribution in [0.25, 0.3) is 0 Å². The van der Waals surface area contributed by atoms with Crippen LogP contribution in [0.5, 0.6) is 0 Å². The molecule has 2 saturated heterocycles. The fourth-order valence-corrected chi connectivity index (χ4v) is 3.69. The van der Waals surface area contributed by atoms with Crippen LogP contribution in [0.15, 0.2) is 0 Å². The molecule has 0 saturated carbocycles. The largest absolute Gasteiger partial charge is 0.377 e. The summed E-state index contributed by atoms with van der Waals surface area (Å²) < 4.78 is 30.1. The van der Waals surface area contributed by atoms with E-state index in [1.807, 2.05) is 0 Å². The van der Waals surface area contributed by atoms with Crippen molar-refractivity contribution in [3.8, 4) is 0 Å². The first kappa shape index (κ1) is 16.2. The second kappa shape index (κ2) is 7.17. The highest BCUT2D eigenvalue weighted by molar-refractivity contribution is 7.88. The first-order valence-corrected chi connectivity index (χ1v) is 9.34. The van der Waals surface area contributed by atoms with Crippen molar-refractivity contribution < 1.29 is 13.2 Å². The lowest BCUT2D eigenvalue weighted by Gasteiger charge is -2.33. The minimum absolute atomic E-state index is 0.358. The second-order valence-electron chi connectivity index (χ2n) is 5.80. The van der Waals surface area contributed by atoms with E-state index in [0.29, 0.717) is 25.2 Å². The molecule has 2 aliphatic rings. The zero-order chi connectivity index (χ0) is 14.6. The molecule has 6 nitrogen and oxygen atoms in total. The Balaban J connectivity index is 1.61. The molecule has 2 fully saturated rings. The predicted octanol–water partition coefficient (Wildman–Crippen LogP) is -0.279. The molecule has 0 amide bonds. The van der Waals surface area contributed by atoms with Crippen LogP contribution in [-0.2, 0) is 14.8 Å². The van der Waals surface area contributed by atoms with Gasteiger partial charge in [0.1, 0.15) is 0 Å². The Hall–Kier alpha value is -0.210. The van der Waals surface area contributed by atoms with Gasteiger partial charge in [-0.2, -0.15) is 4.31 Å². The number of hydrogen-bond acceptors (Lipinski definition) is 5. The lowest BCUT2D eigenvalue weighted by molar-refractivity contribution is 0.0819. The quantitative estimate of drug-likeness (QED) is 0.731. The summed E-state index contributed by atoms with van der Waals surface area (Å²) in [4.78, 5) is 2.32. The Morgan fingerprint density at radius 3 is 2.55 bits per heavy atom. The number of hydrogen-bond donors (Lipinski definition) is 1. The van der Waals surface area contributed by atoms with Crippen molar-refractivity contribution in [3.63, 3.8) is 0 Å². The fraction of sp³-hybridized carbons (Fsp3) is 1.00. The zero-order valence-electron chi connectivity index (χ0n) is 12.5. The highest BCUT2D eigenvalue weighted by Gasteiger charge is 2.24. The molecule has 2 atom stereocenters. The molecule has 0 aromatic rings. The third-order valence-corrected chi connectivity index (χ3v) is 5.52. The summed E-state index contributed by atoms with van der Waals surface area (Å²) in [5.41, 5.74) is 0. The molecule has 0 bridgehead atoms. The molecular formula is C13H27N3O3S. The summed E-state index contributed by atoms with van der Waals surface area (Å²) in [7, 11) is -3.02. The molecule has 0 radical (unpaired) electrons. The van der Waals surface area contributed by atoms with Crippen molar-refractivity contribution >= 4 is 10.0 Å². The van der Waals surface area contributed by atoms with Crippen molar-refractivity contribution in [2.24, 2.45) is 0 Å². The van der Waals surface area contributed by atoms with Gasteiger partial charge in [-0.25, -0.2) is 8.42 Å². The summed E-state index contributed by atoms with van der Waals surface area (Å²) in [6.07, 6.45) is 3.97. The average Bonchev–Trinajstić information content (AvgIpc) is 2.92. The molecule has 1 N–H and O–H groups in total. The maximum absolute atomic E-state index is 11.4. The Morgan fingerprint density at radius 1 is 1.30 bits per heavy atom. The van der Waals surface area contributed by atoms with E-state index < -0.39 is 10.0 Å². The van der Waals surface area contributed by atoms with Crippen molar-refractivity contribution in [3.05, 3.63) is 0 Å². The molecule has 2 unspecified atom stereocenters. The lowest BCUT2D eigenvalue weighted by atomic mass is 10.1. The standard InChI is InChI=1S/C13H27N3O3S/c1-12(13-4-3-11-19-13)14-5-6-15-7-9-16(10-8-15)20(2,17)18/h12-14H,3-11H2,1-2H3. The van der Waals surface area contributed by atoms with Gasteiger partial charge < -0.3 is 10.1 Å². The summed E-state index contributed by atoms with van der Waals surface area (Å²) >= 11 is 0. The van der Waals surface area contributed by atoms with Crippen LogP contribution in [0.2, 0.25) is 0 Å². The highest BCUT2D eigenvalue weighted by atomic mass is 32.2. The van der Waals surface area contributed by atoms with E-state index in [-0.39, 0.29) is 0 Å². The van der Waals surface area contributed by atoms with Gasteiger partial charge in [-0.3, -0.25) is 4.90 Å².